The van der Waals surface area contributed by atoms with Crippen molar-refractivity contribution < 1.29 is 0 Å². The van der Waals surface area contributed by atoms with Crippen molar-refractivity contribution in [1.29, 1.82) is 0 Å². The van der Waals surface area contributed by atoms with E-state index in [0.29, 0.717) is 0 Å². The fraction of sp³-hybridized carbons (Fsp3) is 0. The molecule has 0 bridgehead atoms. The lowest BCUT2D eigenvalue weighted by atomic mass is 10.2. The van der Waals surface area contributed by atoms with Crippen LogP contribution in [-0.4, -0.2) is 0 Å². The van der Waals surface area contributed by atoms with Gasteiger partial charge in [-0.1, -0.05) is 42.5 Å². The van der Waals surface area contributed by atoms with Crippen LogP contribution in [0.15, 0.2) is 83.3 Å². The van der Waals surface area contributed by atoms with Gasteiger partial charge in [0.05, 0.1) is 15.8 Å². The minimum atomic E-state index is 1.01. The molecular formula is C18H15BrN2. The van der Waals surface area contributed by atoms with Crippen molar-refractivity contribution in [2.75, 3.05) is 10.6 Å². The highest BCUT2D eigenvalue weighted by Crippen LogP contribution is 2.34. The van der Waals surface area contributed by atoms with Crippen LogP contribution in [0.4, 0.5) is 22.7 Å². The fourth-order valence-electron chi connectivity index (χ4n) is 2.08. The molecule has 0 saturated carbocycles. The van der Waals surface area contributed by atoms with Crippen molar-refractivity contribution in [2.24, 2.45) is 0 Å². The lowest BCUT2D eigenvalue weighted by Crippen LogP contribution is -1.95. The summed E-state index contributed by atoms with van der Waals surface area (Å²) in [6, 6.07) is 26.4. The number of nitrogens with one attached hydrogen (secondary N) is 2. The maximum absolute atomic E-state index is 3.67. The second kappa shape index (κ2) is 6.46. The fourth-order valence-corrected chi connectivity index (χ4v) is 2.54. The van der Waals surface area contributed by atoms with Gasteiger partial charge in [0.15, 0.2) is 0 Å². The summed E-state index contributed by atoms with van der Waals surface area (Å²) in [7, 11) is 0. The van der Waals surface area contributed by atoms with Crippen LogP contribution >= 0.6 is 15.9 Å². The second-order valence-corrected chi connectivity index (χ2v) is 5.44. The first-order valence-electron chi connectivity index (χ1n) is 6.75. The Bertz CT molecular complexity index is 652. The standard InChI is InChI=1S/C18H15BrN2/c19-18-16(20-14-8-3-1-4-9-14)12-7-13-17(18)21-15-10-5-2-6-11-15/h1-13,20-21H. The van der Waals surface area contributed by atoms with Crippen molar-refractivity contribution in [2.45, 2.75) is 0 Å². The third-order valence-electron chi connectivity index (χ3n) is 3.10. The van der Waals surface area contributed by atoms with E-state index in [9.17, 15) is 0 Å². The summed E-state index contributed by atoms with van der Waals surface area (Å²) in [6.45, 7) is 0. The molecule has 3 heteroatoms. The maximum atomic E-state index is 3.67. The highest BCUT2D eigenvalue weighted by atomic mass is 79.9. The summed E-state index contributed by atoms with van der Waals surface area (Å²) in [5, 5.41) is 6.82. The highest BCUT2D eigenvalue weighted by Gasteiger charge is 2.06. The second-order valence-electron chi connectivity index (χ2n) is 4.65. The Morgan fingerprint density at radius 2 is 0.952 bits per heavy atom. The Morgan fingerprint density at radius 3 is 1.38 bits per heavy atom. The van der Waals surface area contributed by atoms with Gasteiger partial charge in [0.25, 0.3) is 0 Å². The van der Waals surface area contributed by atoms with Gasteiger partial charge >= 0.3 is 0 Å². The largest absolute Gasteiger partial charge is 0.355 e. The van der Waals surface area contributed by atoms with E-state index in [0.717, 1.165) is 27.2 Å². The first-order chi connectivity index (χ1) is 10.3. The summed E-state index contributed by atoms with van der Waals surface area (Å²) in [5.41, 5.74) is 4.19. The Labute approximate surface area is 133 Å². The van der Waals surface area contributed by atoms with E-state index in [4.69, 9.17) is 0 Å². The van der Waals surface area contributed by atoms with E-state index in [1.807, 2.05) is 78.9 Å². The minimum Gasteiger partial charge on any atom is -0.355 e. The van der Waals surface area contributed by atoms with E-state index >= 15 is 0 Å². The SMILES string of the molecule is Brc1c(Nc2ccccc2)cccc1Nc1ccccc1. The molecule has 0 unspecified atom stereocenters. The zero-order chi connectivity index (χ0) is 14.5. The van der Waals surface area contributed by atoms with Crippen molar-refractivity contribution in [3.8, 4) is 0 Å². The lowest BCUT2D eigenvalue weighted by Gasteiger charge is -2.13. The van der Waals surface area contributed by atoms with Gasteiger partial charge in [-0.05, 0) is 52.3 Å². The molecule has 3 rings (SSSR count). The van der Waals surface area contributed by atoms with Gasteiger partial charge in [-0.3, -0.25) is 0 Å². The number of halogens is 1. The van der Waals surface area contributed by atoms with Crippen LogP contribution in [0.2, 0.25) is 0 Å². The average molecular weight is 339 g/mol. The van der Waals surface area contributed by atoms with Gasteiger partial charge in [-0.25, -0.2) is 0 Å². The molecule has 3 aromatic carbocycles. The molecule has 0 heterocycles. The van der Waals surface area contributed by atoms with E-state index in [2.05, 4.69) is 26.6 Å². The van der Waals surface area contributed by atoms with Crippen molar-refractivity contribution in [1.82, 2.24) is 0 Å². The van der Waals surface area contributed by atoms with Crippen LogP contribution in [0.25, 0.3) is 0 Å². The molecule has 0 spiro atoms. The van der Waals surface area contributed by atoms with Gasteiger partial charge in [-0.2, -0.15) is 0 Å². The molecule has 0 aliphatic heterocycles. The van der Waals surface area contributed by atoms with Gasteiger partial charge in [0.2, 0.25) is 0 Å². The number of rotatable bonds is 4. The first kappa shape index (κ1) is 13.7. The number of para-hydroxylation sites is 2. The molecule has 2 N–H and O–H groups in total. The van der Waals surface area contributed by atoms with Crippen LogP contribution in [0.3, 0.4) is 0 Å². The van der Waals surface area contributed by atoms with E-state index in [1.54, 1.807) is 0 Å². The van der Waals surface area contributed by atoms with Crippen LogP contribution < -0.4 is 10.6 Å². The summed E-state index contributed by atoms with van der Waals surface area (Å²) >= 11 is 3.67. The van der Waals surface area contributed by atoms with Crippen molar-refractivity contribution in [3.05, 3.63) is 83.3 Å². The normalized spacial score (nSPS) is 10.1. The Morgan fingerprint density at radius 1 is 0.524 bits per heavy atom. The van der Waals surface area contributed by atoms with E-state index in [1.165, 1.54) is 0 Å². The van der Waals surface area contributed by atoms with Gasteiger partial charge in [0, 0.05) is 11.4 Å². The molecule has 3 aromatic rings. The monoisotopic (exact) mass is 338 g/mol. The van der Waals surface area contributed by atoms with Crippen LogP contribution in [-0.2, 0) is 0 Å². The molecule has 0 fully saturated rings. The molecule has 0 amide bonds. The quantitative estimate of drug-likeness (QED) is 0.615. The molecule has 0 aromatic heterocycles. The Balaban J connectivity index is 1.85. The topological polar surface area (TPSA) is 24.1 Å². The predicted molar refractivity (Wildman–Crippen MR) is 93.6 cm³/mol. The van der Waals surface area contributed by atoms with E-state index < -0.39 is 0 Å². The van der Waals surface area contributed by atoms with Gasteiger partial charge in [-0.15, -0.1) is 0 Å². The van der Waals surface area contributed by atoms with Crippen LogP contribution in [0.1, 0.15) is 0 Å². The predicted octanol–water partition coefficient (Wildman–Crippen LogP) is 5.94. The van der Waals surface area contributed by atoms with Crippen molar-refractivity contribution >= 4 is 38.7 Å². The zero-order valence-corrected chi connectivity index (χ0v) is 13.0. The maximum Gasteiger partial charge on any atom is 0.0645 e. The number of hydrogen-bond acceptors (Lipinski definition) is 2. The summed E-state index contributed by atoms with van der Waals surface area (Å²) in [6.07, 6.45) is 0. The molecule has 0 radical (unpaired) electrons. The minimum absolute atomic E-state index is 1.01. The molecule has 2 nitrogen and oxygen atoms in total. The summed E-state index contributed by atoms with van der Waals surface area (Å²) in [5.74, 6) is 0. The molecule has 104 valence electrons. The molecule has 0 saturated heterocycles. The molecular weight excluding hydrogens is 324 g/mol. The number of anilines is 4. The molecule has 21 heavy (non-hydrogen) atoms. The molecule has 0 aliphatic rings. The third-order valence-corrected chi connectivity index (χ3v) is 3.96. The number of hydrogen-bond donors (Lipinski definition) is 2. The average Bonchev–Trinajstić information content (AvgIpc) is 2.53. The highest BCUT2D eigenvalue weighted by molar-refractivity contribution is 9.10. The summed E-state index contributed by atoms with van der Waals surface area (Å²) in [4.78, 5) is 0. The summed E-state index contributed by atoms with van der Waals surface area (Å²) < 4.78 is 1.01. The Kier molecular flexibility index (Phi) is 4.22. The van der Waals surface area contributed by atoms with E-state index in [-0.39, 0.29) is 0 Å². The van der Waals surface area contributed by atoms with Crippen LogP contribution in [0.5, 0.6) is 0 Å². The molecule has 0 atom stereocenters. The smallest absolute Gasteiger partial charge is 0.0645 e. The first-order valence-corrected chi connectivity index (χ1v) is 7.55. The van der Waals surface area contributed by atoms with Gasteiger partial charge in [0.1, 0.15) is 0 Å². The van der Waals surface area contributed by atoms with Crippen molar-refractivity contribution in [3.63, 3.8) is 0 Å². The van der Waals surface area contributed by atoms with Crippen LogP contribution in [0, 0.1) is 0 Å². The molecule has 0 aliphatic carbocycles. The Hall–Kier alpha value is -2.26. The van der Waals surface area contributed by atoms with Gasteiger partial charge < -0.3 is 10.6 Å². The zero-order valence-electron chi connectivity index (χ0n) is 11.4. The number of benzene rings is 3. The third kappa shape index (κ3) is 3.44. The lowest BCUT2D eigenvalue weighted by molar-refractivity contribution is 1.49.